The van der Waals surface area contributed by atoms with Crippen molar-refractivity contribution < 1.29 is 9.26 Å². The molecule has 2 aromatic heterocycles. The Bertz CT molecular complexity index is 1120. The Kier molecular flexibility index (Phi) is 7.22. The molecule has 160 valence electrons. The van der Waals surface area contributed by atoms with E-state index in [1.165, 1.54) is 11.8 Å². The smallest absolute Gasteiger partial charge is 0.237 e. The number of rotatable bonds is 10. The molecule has 0 amide bonds. The second-order valence-electron chi connectivity index (χ2n) is 6.79. The lowest BCUT2D eigenvalue weighted by Gasteiger charge is -2.11. The van der Waals surface area contributed by atoms with Crippen LogP contribution in [0.4, 0.5) is 0 Å². The topological polar surface area (TPSA) is 78.9 Å². The maximum atomic E-state index is 6.21. The van der Waals surface area contributed by atoms with Crippen molar-refractivity contribution in [3.8, 4) is 11.4 Å². The first-order valence-electron chi connectivity index (χ1n) is 10.1. The summed E-state index contributed by atoms with van der Waals surface area (Å²) in [4.78, 5) is 4.46. The van der Waals surface area contributed by atoms with E-state index >= 15 is 0 Å². The molecule has 0 saturated carbocycles. The summed E-state index contributed by atoms with van der Waals surface area (Å²) in [5.74, 6) is 3.10. The summed E-state index contributed by atoms with van der Waals surface area (Å²) in [6.07, 6.45) is 2.97. The Balaban J connectivity index is 1.52. The van der Waals surface area contributed by atoms with Crippen LogP contribution in [0.15, 0.2) is 64.3 Å². The molecule has 0 aliphatic rings. The number of hydrogen-bond acceptors (Lipinski definition) is 7. The van der Waals surface area contributed by atoms with E-state index in [4.69, 9.17) is 20.9 Å². The summed E-state index contributed by atoms with van der Waals surface area (Å²) in [6, 6.07) is 17.3. The van der Waals surface area contributed by atoms with E-state index in [1.54, 1.807) is 6.07 Å². The SMILES string of the molecule is CCCCc1noc(CSc2nnc(COc3ccccc3Cl)n2-c2ccccc2)n1. The van der Waals surface area contributed by atoms with Gasteiger partial charge < -0.3 is 9.26 Å². The minimum absolute atomic E-state index is 0.230. The summed E-state index contributed by atoms with van der Waals surface area (Å²) in [5, 5.41) is 14.0. The van der Waals surface area contributed by atoms with Crippen molar-refractivity contribution in [2.24, 2.45) is 0 Å². The van der Waals surface area contributed by atoms with Gasteiger partial charge in [0.25, 0.3) is 0 Å². The van der Waals surface area contributed by atoms with E-state index < -0.39 is 0 Å². The number of aromatic nitrogens is 5. The zero-order valence-corrected chi connectivity index (χ0v) is 18.6. The van der Waals surface area contributed by atoms with Crippen LogP contribution in [0.1, 0.15) is 37.3 Å². The van der Waals surface area contributed by atoms with Crippen molar-refractivity contribution in [2.45, 2.75) is 43.7 Å². The van der Waals surface area contributed by atoms with E-state index in [0.29, 0.717) is 28.2 Å². The predicted molar refractivity (Wildman–Crippen MR) is 120 cm³/mol. The van der Waals surface area contributed by atoms with Gasteiger partial charge in [0, 0.05) is 12.1 Å². The van der Waals surface area contributed by atoms with Gasteiger partial charge in [0.05, 0.1) is 10.8 Å². The molecule has 0 unspecified atom stereocenters. The van der Waals surface area contributed by atoms with Crippen molar-refractivity contribution >= 4 is 23.4 Å². The number of hydrogen-bond donors (Lipinski definition) is 0. The Labute approximate surface area is 189 Å². The molecule has 0 spiro atoms. The number of para-hydroxylation sites is 2. The minimum atomic E-state index is 0.230. The number of nitrogens with zero attached hydrogens (tertiary/aromatic N) is 5. The van der Waals surface area contributed by atoms with E-state index in [-0.39, 0.29) is 6.61 Å². The standard InChI is InChI=1S/C22H22ClN5O2S/c1-2-3-13-19-24-21(30-27-19)15-31-22-26-25-20(28(22)16-9-5-4-6-10-16)14-29-18-12-8-7-11-17(18)23/h4-12H,2-3,13-15H2,1H3. The van der Waals surface area contributed by atoms with E-state index in [9.17, 15) is 0 Å². The molecule has 9 heteroatoms. The molecular weight excluding hydrogens is 434 g/mol. The number of thioether (sulfide) groups is 1. The van der Waals surface area contributed by atoms with Crippen molar-refractivity contribution in [1.29, 1.82) is 0 Å². The summed E-state index contributed by atoms with van der Waals surface area (Å²) in [7, 11) is 0. The van der Waals surface area contributed by atoms with Crippen LogP contribution < -0.4 is 4.74 Å². The zero-order valence-electron chi connectivity index (χ0n) is 17.1. The molecule has 0 N–H and O–H groups in total. The summed E-state index contributed by atoms with van der Waals surface area (Å²) >= 11 is 7.70. The molecule has 0 bridgehead atoms. The fourth-order valence-electron chi connectivity index (χ4n) is 2.94. The van der Waals surface area contributed by atoms with E-state index in [1.807, 2.05) is 53.1 Å². The highest BCUT2D eigenvalue weighted by molar-refractivity contribution is 7.98. The van der Waals surface area contributed by atoms with Gasteiger partial charge in [-0.3, -0.25) is 4.57 Å². The fourth-order valence-corrected chi connectivity index (χ4v) is 3.94. The zero-order chi connectivity index (χ0) is 21.5. The molecule has 2 aromatic carbocycles. The number of benzene rings is 2. The summed E-state index contributed by atoms with van der Waals surface area (Å²) in [5.41, 5.74) is 0.946. The van der Waals surface area contributed by atoms with E-state index in [2.05, 4.69) is 27.3 Å². The van der Waals surface area contributed by atoms with Gasteiger partial charge in [-0.2, -0.15) is 4.98 Å². The quantitative estimate of drug-likeness (QED) is 0.291. The van der Waals surface area contributed by atoms with Crippen LogP contribution in [-0.4, -0.2) is 24.9 Å². The third-order valence-electron chi connectivity index (χ3n) is 4.50. The first-order valence-corrected chi connectivity index (χ1v) is 11.4. The van der Waals surface area contributed by atoms with E-state index in [0.717, 1.165) is 35.9 Å². The van der Waals surface area contributed by atoms with Crippen LogP contribution in [0.25, 0.3) is 5.69 Å². The Hall–Kier alpha value is -2.84. The average Bonchev–Trinajstić information content (AvgIpc) is 3.43. The van der Waals surface area contributed by atoms with Gasteiger partial charge in [0.1, 0.15) is 12.4 Å². The molecular formula is C22H22ClN5O2S. The number of ether oxygens (including phenoxy) is 1. The van der Waals surface area contributed by atoms with Gasteiger partial charge in [0.15, 0.2) is 16.8 Å². The van der Waals surface area contributed by atoms with Gasteiger partial charge in [-0.1, -0.05) is 72.2 Å². The van der Waals surface area contributed by atoms with Crippen LogP contribution in [0, 0.1) is 0 Å². The summed E-state index contributed by atoms with van der Waals surface area (Å²) < 4.78 is 13.2. The molecule has 4 rings (SSSR count). The van der Waals surface area contributed by atoms with Crippen LogP contribution in [0.5, 0.6) is 5.75 Å². The van der Waals surface area contributed by atoms with Crippen molar-refractivity contribution in [3.63, 3.8) is 0 Å². The van der Waals surface area contributed by atoms with Gasteiger partial charge in [0.2, 0.25) is 5.89 Å². The first-order chi connectivity index (χ1) is 15.2. The van der Waals surface area contributed by atoms with Crippen LogP contribution >= 0.6 is 23.4 Å². The lowest BCUT2D eigenvalue weighted by Crippen LogP contribution is -2.06. The highest BCUT2D eigenvalue weighted by Crippen LogP contribution is 2.27. The third-order valence-corrected chi connectivity index (χ3v) is 5.72. The van der Waals surface area contributed by atoms with Gasteiger partial charge >= 0.3 is 0 Å². The second-order valence-corrected chi connectivity index (χ2v) is 8.14. The molecule has 0 saturated heterocycles. The number of halogens is 1. The molecule has 0 aliphatic carbocycles. The lowest BCUT2D eigenvalue weighted by molar-refractivity contribution is 0.293. The monoisotopic (exact) mass is 455 g/mol. The molecule has 4 aromatic rings. The van der Waals surface area contributed by atoms with Gasteiger partial charge in [-0.25, -0.2) is 0 Å². The number of unbranched alkanes of at least 4 members (excludes halogenated alkanes) is 1. The third kappa shape index (κ3) is 5.45. The van der Waals surface area contributed by atoms with Crippen molar-refractivity contribution in [3.05, 3.63) is 77.2 Å². The maximum Gasteiger partial charge on any atom is 0.237 e. The fraction of sp³-hybridized carbons (Fsp3) is 0.273. The van der Waals surface area contributed by atoms with Gasteiger partial charge in [-0.05, 0) is 30.7 Å². The molecule has 7 nitrogen and oxygen atoms in total. The molecule has 0 aliphatic heterocycles. The van der Waals surface area contributed by atoms with Crippen molar-refractivity contribution in [2.75, 3.05) is 0 Å². The Morgan fingerprint density at radius 2 is 1.87 bits per heavy atom. The second kappa shape index (κ2) is 10.5. The normalized spacial score (nSPS) is 11.0. The Morgan fingerprint density at radius 3 is 2.68 bits per heavy atom. The molecule has 0 radical (unpaired) electrons. The highest BCUT2D eigenvalue weighted by Gasteiger charge is 2.17. The van der Waals surface area contributed by atoms with Crippen LogP contribution in [0.2, 0.25) is 5.02 Å². The van der Waals surface area contributed by atoms with Gasteiger partial charge in [-0.15, -0.1) is 10.2 Å². The molecule has 31 heavy (non-hydrogen) atoms. The maximum absolute atomic E-state index is 6.21. The molecule has 2 heterocycles. The van der Waals surface area contributed by atoms with Crippen LogP contribution in [-0.2, 0) is 18.8 Å². The Morgan fingerprint density at radius 1 is 1.06 bits per heavy atom. The average molecular weight is 456 g/mol. The molecule has 0 fully saturated rings. The largest absolute Gasteiger partial charge is 0.484 e. The predicted octanol–water partition coefficient (Wildman–Crippen LogP) is 5.52. The summed E-state index contributed by atoms with van der Waals surface area (Å²) in [6.45, 7) is 2.37. The first kappa shape index (κ1) is 21.4. The lowest BCUT2D eigenvalue weighted by atomic mass is 10.2. The van der Waals surface area contributed by atoms with Crippen LogP contribution in [0.3, 0.4) is 0 Å². The number of aryl methyl sites for hydroxylation is 1. The highest BCUT2D eigenvalue weighted by atomic mass is 35.5. The minimum Gasteiger partial charge on any atom is -0.484 e. The molecule has 0 atom stereocenters. The van der Waals surface area contributed by atoms with Crippen molar-refractivity contribution in [1.82, 2.24) is 24.9 Å².